The number of rotatable bonds is 11. The van der Waals surface area contributed by atoms with Crippen LogP contribution in [-0.2, 0) is 4.79 Å². The summed E-state index contributed by atoms with van der Waals surface area (Å²) in [6, 6.07) is 7.90. The van der Waals surface area contributed by atoms with E-state index >= 15 is 0 Å². The first-order valence-electron chi connectivity index (χ1n) is 9.99. The van der Waals surface area contributed by atoms with Gasteiger partial charge in [-0.15, -0.1) is 0 Å². The van der Waals surface area contributed by atoms with Crippen LogP contribution in [-0.4, -0.2) is 46.5 Å². The topological polar surface area (TPSA) is 105 Å². The van der Waals surface area contributed by atoms with Gasteiger partial charge in [-0.05, 0) is 42.3 Å². The Morgan fingerprint density at radius 1 is 0.906 bits per heavy atom. The molecule has 2 rings (SSSR count). The van der Waals surface area contributed by atoms with Gasteiger partial charge in [0.15, 0.2) is 23.0 Å². The maximum Gasteiger partial charge on any atom is 0.343 e. The smallest absolute Gasteiger partial charge is 0.343 e. The molecule has 0 aromatic heterocycles. The number of hydrazone groups is 1. The number of carbonyl (C=O) groups excluding carboxylic acids is 2. The molecule has 172 valence electrons. The molecule has 1 N–H and O–H groups in total. The Morgan fingerprint density at radius 3 is 2.12 bits per heavy atom. The largest absolute Gasteiger partial charge is 0.493 e. The average molecular weight is 444 g/mol. The molecule has 0 atom stereocenters. The van der Waals surface area contributed by atoms with Crippen molar-refractivity contribution in [1.29, 1.82) is 0 Å². The third kappa shape index (κ3) is 6.37. The summed E-state index contributed by atoms with van der Waals surface area (Å²) in [5.41, 5.74) is 3.34. The number of carbonyl (C=O) groups is 2. The number of ether oxygens (including phenoxy) is 5. The maximum atomic E-state index is 12.7. The van der Waals surface area contributed by atoms with Gasteiger partial charge in [0, 0.05) is 6.42 Å². The zero-order chi connectivity index (χ0) is 23.5. The number of benzene rings is 2. The molecule has 32 heavy (non-hydrogen) atoms. The second-order valence-electron chi connectivity index (χ2n) is 6.61. The van der Waals surface area contributed by atoms with Gasteiger partial charge < -0.3 is 23.7 Å². The van der Waals surface area contributed by atoms with Gasteiger partial charge in [0.2, 0.25) is 11.7 Å². The number of methoxy groups -OCH3 is 4. The summed E-state index contributed by atoms with van der Waals surface area (Å²) in [7, 11) is 5.86. The lowest BCUT2D eigenvalue weighted by atomic mass is 10.1. The van der Waals surface area contributed by atoms with E-state index in [0.717, 1.165) is 12.8 Å². The Morgan fingerprint density at radius 2 is 1.56 bits per heavy atom. The van der Waals surface area contributed by atoms with Gasteiger partial charge in [-0.3, -0.25) is 4.79 Å². The third-order valence-electron chi connectivity index (χ3n) is 4.45. The molecule has 0 aliphatic rings. The van der Waals surface area contributed by atoms with Crippen LogP contribution in [0.4, 0.5) is 0 Å². The normalized spacial score (nSPS) is 10.5. The van der Waals surface area contributed by atoms with Crippen LogP contribution in [0.5, 0.6) is 28.7 Å². The number of nitrogens with one attached hydrogen (secondary N) is 1. The summed E-state index contributed by atoms with van der Waals surface area (Å²) >= 11 is 0. The lowest BCUT2D eigenvalue weighted by Gasteiger charge is -2.14. The molecule has 0 unspecified atom stereocenters. The minimum atomic E-state index is -0.632. The lowest BCUT2D eigenvalue weighted by Crippen LogP contribution is -2.16. The average Bonchev–Trinajstić information content (AvgIpc) is 2.82. The van der Waals surface area contributed by atoms with Crippen LogP contribution in [0, 0.1) is 0 Å². The Bertz CT molecular complexity index is 948. The SMILES string of the molecule is CCCCC(=O)N/N=C\c1ccc(OC(=O)c2cc(OC)c(OC)c(OC)c2)c(OC)c1. The van der Waals surface area contributed by atoms with Gasteiger partial charge in [0.05, 0.1) is 40.2 Å². The highest BCUT2D eigenvalue weighted by molar-refractivity contribution is 5.93. The maximum absolute atomic E-state index is 12.7. The van der Waals surface area contributed by atoms with Crippen molar-refractivity contribution in [2.75, 3.05) is 28.4 Å². The first-order chi connectivity index (χ1) is 15.5. The summed E-state index contributed by atoms with van der Waals surface area (Å²) in [6.45, 7) is 2.01. The third-order valence-corrected chi connectivity index (χ3v) is 4.45. The highest BCUT2D eigenvalue weighted by Crippen LogP contribution is 2.38. The zero-order valence-electron chi connectivity index (χ0n) is 18.9. The summed E-state index contributed by atoms with van der Waals surface area (Å²) in [4.78, 5) is 24.4. The molecule has 0 aliphatic carbocycles. The van der Waals surface area contributed by atoms with E-state index in [2.05, 4.69) is 10.5 Å². The highest BCUT2D eigenvalue weighted by atomic mass is 16.6. The minimum absolute atomic E-state index is 0.147. The number of nitrogens with zero attached hydrogens (tertiary/aromatic N) is 1. The second kappa shape index (κ2) is 12.2. The van der Waals surface area contributed by atoms with E-state index in [1.165, 1.54) is 46.8 Å². The fraction of sp³-hybridized carbons (Fsp3) is 0.348. The van der Waals surface area contributed by atoms with E-state index in [1.54, 1.807) is 18.2 Å². The van der Waals surface area contributed by atoms with Crippen molar-refractivity contribution in [3.63, 3.8) is 0 Å². The van der Waals surface area contributed by atoms with E-state index in [1.807, 2.05) is 6.92 Å². The molecule has 0 aliphatic heterocycles. The Labute approximate surface area is 187 Å². The van der Waals surface area contributed by atoms with E-state index in [9.17, 15) is 9.59 Å². The standard InChI is InChI=1S/C23H28N2O7/c1-6-7-8-21(26)25-24-14-15-9-10-17(18(11-15)28-2)32-23(27)16-12-19(29-3)22(31-5)20(13-16)30-4/h9-14H,6-8H2,1-5H3,(H,25,26)/b24-14-. The predicted octanol–water partition coefficient (Wildman–Crippen LogP) is 3.58. The molecule has 9 nitrogen and oxygen atoms in total. The summed E-state index contributed by atoms with van der Waals surface area (Å²) in [6.07, 6.45) is 3.65. The molecule has 2 aromatic rings. The Kier molecular flexibility index (Phi) is 9.34. The van der Waals surface area contributed by atoms with Gasteiger partial charge in [0.1, 0.15) is 0 Å². The van der Waals surface area contributed by atoms with Crippen LogP contribution in [0.2, 0.25) is 0 Å². The molecule has 0 spiro atoms. The van der Waals surface area contributed by atoms with E-state index < -0.39 is 5.97 Å². The van der Waals surface area contributed by atoms with Crippen molar-refractivity contribution in [3.8, 4) is 28.7 Å². The van der Waals surface area contributed by atoms with Crippen LogP contribution in [0.15, 0.2) is 35.4 Å². The van der Waals surface area contributed by atoms with Gasteiger partial charge in [0.25, 0.3) is 0 Å². The van der Waals surface area contributed by atoms with Gasteiger partial charge in [-0.25, -0.2) is 10.2 Å². The molecule has 0 saturated heterocycles. The molecule has 0 saturated carbocycles. The number of hydrogen-bond donors (Lipinski definition) is 1. The molecule has 0 bridgehead atoms. The van der Waals surface area contributed by atoms with Crippen molar-refractivity contribution >= 4 is 18.1 Å². The monoisotopic (exact) mass is 444 g/mol. The number of amides is 1. The summed E-state index contributed by atoms with van der Waals surface area (Å²) < 4.78 is 26.7. The molecular formula is C23H28N2O7. The number of hydrogen-bond acceptors (Lipinski definition) is 8. The van der Waals surface area contributed by atoms with Crippen molar-refractivity contribution in [2.45, 2.75) is 26.2 Å². The molecule has 1 amide bonds. The minimum Gasteiger partial charge on any atom is -0.493 e. The molecule has 0 heterocycles. The predicted molar refractivity (Wildman–Crippen MR) is 119 cm³/mol. The molecule has 0 radical (unpaired) electrons. The van der Waals surface area contributed by atoms with Crippen molar-refractivity contribution < 1.29 is 33.3 Å². The summed E-state index contributed by atoms with van der Waals surface area (Å²) in [5.74, 6) is 0.798. The van der Waals surface area contributed by atoms with Gasteiger partial charge in [-0.2, -0.15) is 5.10 Å². The van der Waals surface area contributed by atoms with Crippen LogP contribution >= 0.6 is 0 Å². The van der Waals surface area contributed by atoms with Crippen LogP contribution in [0.3, 0.4) is 0 Å². The van der Waals surface area contributed by atoms with E-state index in [4.69, 9.17) is 23.7 Å². The van der Waals surface area contributed by atoms with Crippen LogP contribution < -0.4 is 29.1 Å². The number of unbranched alkanes of at least 4 members (excludes halogenated alkanes) is 1. The van der Waals surface area contributed by atoms with Crippen LogP contribution in [0.25, 0.3) is 0 Å². The molecular weight excluding hydrogens is 416 g/mol. The quantitative estimate of drug-likeness (QED) is 0.244. The fourth-order valence-electron chi connectivity index (χ4n) is 2.78. The Balaban J connectivity index is 2.17. The zero-order valence-corrected chi connectivity index (χ0v) is 18.9. The van der Waals surface area contributed by atoms with Crippen molar-refractivity contribution in [2.24, 2.45) is 5.10 Å². The summed E-state index contributed by atoms with van der Waals surface area (Å²) in [5, 5.41) is 3.94. The lowest BCUT2D eigenvalue weighted by molar-refractivity contribution is -0.121. The van der Waals surface area contributed by atoms with E-state index in [0.29, 0.717) is 35.0 Å². The Hall–Kier alpha value is -3.75. The molecule has 0 fully saturated rings. The fourth-order valence-corrected chi connectivity index (χ4v) is 2.78. The highest BCUT2D eigenvalue weighted by Gasteiger charge is 2.19. The van der Waals surface area contributed by atoms with Crippen molar-refractivity contribution in [1.82, 2.24) is 5.43 Å². The van der Waals surface area contributed by atoms with E-state index in [-0.39, 0.29) is 17.2 Å². The molecule has 2 aromatic carbocycles. The van der Waals surface area contributed by atoms with Gasteiger partial charge >= 0.3 is 5.97 Å². The first-order valence-corrected chi connectivity index (χ1v) is 9.99. The molecule has 9 heteroatoms. The van der Waals surface area contributed by atoms with Crippen LogP contribution in [0.1, 0.15) is 42.1 Å². The number of esters is 1. The first kappa shape index (κ1) is 24.5. The van der Waals surface area contributed by atoms with Crippen molar-refractivity contribution in [3.05, 3.63) is 41.5 Å². The second-order valence-corrected chi connectivity index (χ2v) is 6.61. The van der Waals surface area contributed by atoms with Gasteiger partial charge in [-0.1, -0.05) is 13.3 Å².